The zero-order valence-corrected chi connectivity index (χ0v) is 16.1. The zero-order chi connectivity index (χ0) is 20.1. The van der Waals surface area contributed by atoms with Gasteiger partial charge in [-0.2, -0.15) is 0 Å². The van der Waals surface area contributed by atoms with Gasteiger partial charge < -0.3 is 19.8 Å². The molecule has 3 N–H and O–H groups in total. The van der Waals surface area contributed by atoms with Gasteiger partial charge in [-0.05, 0) is 17.3 Å². The van der Waals surface area contributed by atoms with Gasteiger partial charge in [0.1, 0.15) is 0 Å². The molecule has 0 radical (unpaired) electrons. The van der Waals surface area contributed by atoms with E-state index in [9.17, 15) is 17.8 Å². The molecule has 1 atom stereocenters. The highest BCUT2D eigenvalue weighted by atomic mass is 32.2. The molecule has 13 heteroatoms. The summed E-state index contributed by atoms with van der Waals surface area (Å²) in [6.07, 6.45) is -0.621. The second kappa shape index (κ2) is 8.81. The number of nitrogens with one attached hydrogen (secondary N) is 1. The molecule has 1 aliphatic heterocycles. The van der Waals surface area contributed by atoms with Gasteiger partial charge in [-0.3, -0.25) is 14.3 Å². The fourth-order valence-electron chi connectivity index (χ4n) is 2.19. The molecule has 1 aromatic carbocycles. The van der Waals surface area contributed by atoms with E-state index in [0.717, 1.165) is 5.06 Å². The van der Waals surface area contributed by atoms with E-state index in [2.05, 4.69) is 10.5 Å². The van der Waals surface area contributed by atoms with E-state index in [4.69, 9.17) is 19.5 Å². The number of oxime groups is 1. The monoisotopic (exact) mass is 421 g/mol. The van der Waals surface area contributed by atoms with Crippen molar-refractivity contribution in [1.29, 1.82) is 0 Å². The summed E-state index contributed by atoms with van der Waals surface area (Å²) in [4.78, 5) is 34.0. The van der Waals surface area contributed by atoms with Gasteiger partial charge in [0.05, 0.1) is 24.1 Å². The molecule has 1 aromatic rings. The van der Waals surface area contributed by atoms with Crippen LogP contribution in [0.15, 0.2) is 40.4 Å². The van der Waals surface area contributed by atoms with Crippen molar-refractivity contribution in [3.8, 4) is 0 Å². The number of amides is 1. The lowest BCUT2D eigenvalue weighted by atomic mass is 10.4. The molecule has 1 aliphatic rings. The van der Waals surface area contributed by atoms with Gasteiger partial charge in [-0.1, -0.05) is 23.3 Å². The van der Waals surface area contributed by atoms with Gasteiger partial charge >= 0.3 is 7.60 Å². The summed E-state index contributed by atoms with van der Waals surface area (Å²) in [6.45, 7) is -0.362. The van der Waals surface area contributed by atoms with Crippen LogP contribution in [-0.4, -0.2) is 66.8 Å². The number of hydrogen-bond donors (Lipinski definition) is 3. The minimum Gasteiger partial charge on any atom is -0.476 e. The van der Waals surface area contributed by atoms with Gasteiger partial charge in [0.2, 0.25) is 21.1 Å². The van der Waals surface area contributed by atoms with Crippen molar-refractivity contribution in [2.24, 2.45) is 5.16 Å². The Hall–Kier alpha value is -1.98. The molecule has 2 rings (SSSR count). The first-order valence-corrected chi connectivity index (χ1v) is 11.2. The number of nitrogens with zero attached hydrogens (tertiary/aromatic N) is 2. The number of rotatable bonds is 8. The van der Waals surface area contributed by atoms with E-state index in [1.165, 1.54) is 19.2 Å². The fourth-order valence-corrected chi connectivity index (χ4v) is 4.19. The van der Waals surface area contributed by atoms with Crippen molar-refractivity contribution in [3.05, 3.63) is 30.3 Å². The first-order valence-electron chi connectivity index (χ1n) is 7.82. The first kappa shape index (κ1) is 21.3. The first-order chi connectivity index (χ1) is 12.6. The number of benzene rings is 1. The van der Waals surface area contributed by atoms with Crippen LogP contribution in [0, 0.1) is 0 Å². The summed E-state index contributed by atoms with van der Waals surface area (Å²) in [5, 5.41) is 5.65. The van der Waals surface area contributed by atoms with Crippen LogP contribution < -0.4 is 5.32 Å². The Morgan fingerprint density at radius 1 is 1.37 bits per heavy atom. The summed E-state index contributed by atoms with van der Waals surface area (Å²) >= 11 is 0. The van der Waals surface area contributed by atoms with Crippen LogP contribution in [0.2, 0.25) is 0 Å². The number of ether oxygens (including phenoxy) is 1. The maximum atomic E-state index is 12.8. The van der Waals surface area contributed by atoms with Gasteiger partial charge in [0.25, 0.3) is 5.90 Å². The number of sulfone groups is 1. The number of carbonyl (C=O) groups is 1. The summed E-state index contributed by atoms with van der Waals surface area (Å²) in [7, 11) is -6.65. The maximum absolute atomic E-state index is 12.8. The van der Waals surface area contributed by atoms with Crippen LogP contribution in [0.4, 0.5) is 0 Å². The number of likely N-dealkylation sites (N-methyl/N-ethyl adjacent to an activating group) is 1. The molecule has 0 saturated carbocycles. The zero-order valence-electron chi connectivity index (χ0n) is 14.4. The highest BCUT2D eigenvalue weighted by Gasteiger charge is 2.43. The molecule has 27 heavy (non-hydrogen) atoms. The minimum atomic E-state index is -4.18. The lowest BCUT2D eigenvalue weighted by Crippen LogP contribution is -2.40. The van der Waals surface area contributed by atoms with Crippen molar-refractivity contribution in [2.45, 2.75) is 16.7 Å². The van der Waals surface area contributed by atoms with Crippen molar-refractivity contribution in [3.63, 3.8) is 0 Å². The predicted molar refractivity (Wildman–Crippen MR) is 94.2 cm³/mol. The maximum Gasteiger partial charge on any atom is 0.327 e. The minimum absolute atomic E-state index is 0.0684. The van der Waals surface area contributed by atoms with Crippen molar-refractivity contribution >= 4 is 29.2 Å². The molecular formula is C14H20N3O8PS. The predicted octanol–water partition coefficient (Wildman–Crippen LogP) is -0.322. The topological polar surface area (TPSA) is 155 Å². The molecule has 0 fully saturated rings. The molecule has 1 heterocycles. The second-order valence-electron chi connectivity index (χ2n) is 5.60. The molecule has 0 spiro atoms. The molecule has 11 nitrogen and oxygen atoms in total. The lowest BCUT2D eigenvalue weighted by Gasteiger charge is -2.18. The van der Waals surface area contributed by atoms with E-state index in [-0.39, 0.29) is 30.4 Å². The van der Waals surface area contributed by atoms with E-state index in [0.29, 0.717) is 0 Å². The SMILES string of the molecule is CN1ON=C(OCCC(=O)NCCP(=O)(O)O)C1S(=O)(=O)c1ccccc1. The largest absolute Gasteiger partial charge is 0.476 e. The molecule has 1 unspecified atom stereocenters. The third-order valence-electron chi connectivity index (χ3n) is 3.47. The Morgan fingerprint density at radius 3 is 2.67 bits per heavy atom. The number of hydrogen-bond acceptors (Lipinski definition) is 8. The summed E-state index contributed by atoms with van der Waals surface area (Å²) in [5.74, 6) is -0.705. The smallest absolute Gasteiger partial charge is 0.327 e. The van der Waals surface area contributed by atoms with E-state index in [1.54, 1.807) is 18.2 Å². The molecule has 1 amide bonds. The highest BCUT2D eigenvalue weighted by Crippen LogP contribution is 2.32. The average Bonchev–Trinajstić information content (AvgIpc) is 2.96. The Bertz CT molecular complexity index is 839. The Morgan fingerprint density at radius 2 is 2.04 bits per heavy atom. The molecular weight excluding hydrogens is 401 g/mol. The molecule has 0 aliphatic carbocycles. The Labute approximate surface area is 156 Å². The van der Waals surface area contributed by atoms with Crippen LogP contribution in [0.3, 0.4) is 0 Å². The van der Waals surface area contributed by atoms with E-state index < -0.39 is 34.9 Å². The molecule has 0 aromatic heterocycles. The fraction of sp³-hybridized carbons (Fsp3) is 0.429. The number of hydroxylamine groups is 2. The van der Waals surface area contributed by atoms with Gasteiger partial charge in [-0.15, -0.1) is 0 Å². The average molecular weight is 421 g/mol. The summed E-state index contributed by atoms with van der Waals surface area (Å²) < 4.78 is 41.5. The van der Waals surface area contributed by atoms with Gasteiger partial charge in [0, 0.05) is 13.6 Å². The van der Waals surface area contributed by atoms with E-state index in [1.807, 2.05) is 0 Å². The molecule has 0 saturated heterocycles. The van der Waals surface area contributed by atoms with Crippen LogP contribution in [0.5, 0.6) is 0 Å². The Kier molecular flexibility index (Phi) is 6.95. The normalized spacial score (nSPS) is 17.9. The summed E-state index contributed by atoms with van der Waals surface area (Å²) in [6, 6.07) is 7.73. The third kappa shape index (κ3) is 6.01. The van der Waals surface area contributed by atoms with E-state index >= 15 is 0 Å². The quantitative estimate of drug-likeness (QED) is 0.479. The van der Waals surface area contributed by atoms with Crippen LogP contribution >= 0.6 is 7.60 Å². The molecule has 150 valence electrons. The van der Waals surface area contributed by atoms with Gasteiger partial charge in [0.15, 0.2) is 0 Å². The standard InChI is InChI=1S/C14H20N3O8PS/c1-17-14(27(22,23)11-5-3-2-4-6-11)13(16-25-17)24-9-7-12(18)15-8-10-26(19,20)21/h2-6,14H,7-10H2,1H3,(H,15,18)(H2,19,20,21). The van der Waals surface area contributed by atoms with Crippen LogP contribution in [0.1, 0.15) is 6.42 Å². The Balaban J connectivity index is 1.91. The lowest BCUT2D eigenvalue weighted by molar-refractivity contribution is -0.121. The van der Waals surface area contributed by atoms with Crippen molar-refractivity contribution < 1.29 is 37.2 Å². The number of carbonyl (C=O) groups excluding carboxylic acids is 1. The van der Waals surface area contributed by atoms with Crippen molar-refractivity contribution in [1.82, 2.24) is 10.4 Å². The highest BCUT2D eigenvalue weighted by molar-refractivity contribution is 7.92. The second-order valence-corrected chi connectivity index (χ2v) is 9.39. The summed E-state index contributed by atoms with van der Waals surface area (Å²) in [5.41, 5.74) is 0. The van der Waals surface area contributed by atoms with Crippen LogP contribution in [-0.2, 0) is 28.9 Å². The molecule has 0 bridgehead atoms. The van der Waals surface area contributed by atoms with Gasteiger partial charge in [-0.25, -0.2) is 8.42 Å². The van der Waals surface area contributed by atoms with Crippen molar-refractivity contribution in [2.75, 3.05) is 26.4 Å². The van der Waals surface area contributed by atoms with Crippen LogP contribution in [0.25, 0.3) is 0 Å². The third-order valence-corrected chi connectivity index (χ3v) is 6.29.